The van der Waals surface area contributed by atoms with E-state index in [-0.39, 0.29) is 17.5 Å². The summed E-state index contributed by atoms with van der Waals surface area (Å²) in [6.45, 7) is 1.86. The zero-order chi connectivity index (χ0) is 25.9. The highest BCUT2D eigenvalue weighted by Crippen LogP contribution is 2.31. The lowest BCUT2D eigenvalue weighted by molar-refractivity contribution is -0.385. The van der Waals surface area contributed by atoms with Crippen LogP contribution < -0.4 is 10.1 Å². The minimum Gasteiger partial charge on any atom is -0.493 e. The van der Waals surface area contributed by atoms with Crippen molar-refractivity contribution in [3.05, 3.63) is 97.5 Å². The molecule has 9 heteroatoms. The third kappa shape index (κ3) is 5.67. The maximum atomic E-state index is 12.9. The molecular formula is C28H26BrN3O5. The Balaban J connectivity index is 1.14. The van der Waals surface area contributed by atoms with Gasteiger partial charge in [0, 0.05) is 36.8 Å². The molecule has 0 radical (unpaired) electrons. The number of anilines is 1. The first-order chi connectivity index (χ1) is 17.9. The molecule has 5 rings (SSSR count). The Labute approximate surface area is 222 Å². The lowest BCUT2D eigenvalue weighted by Crippen LogP contribution is -2.37. The zero-order valence-electron chi connectivity index (χ0n) is 20.1. The van der Waals surface area contributed by atoms with E-state index < -0.39 is 4.92 Å². The number of likely N-dealkylation sites (tertiary alicyclic amines) is 1. The van der Waals surface area contributed by atoms with Gasteiger partial charge in [-0.15, -0.1) is 0 Å². The summed E-state index contributed by atoms with van der Waals surface area (Å²) in [7, 11) is 0. The fourth-order valence-electron chi connectivity index (χ4n) is 4.96. The van der Waals surface area contributed by atoms with Crippen molar-refractivity contribution in [3.8, 4) is 5.75 Å². The second-order valence-corrected chi connectivity index (χ2v) is 10.2. The average molecular weight is 564 g/mol. The van der Waals surface area contributed by atoms with Crippen molar-refractivity contribution in [1.82, 2.24) is 4.90 Å². The van der Waals surface area contributed by atoms with E-state index in [9.17, 15) is 19.7 Å². The molecule has 1 N–H and O–H groups in total. The number of ether oxygens (including phenoxy) is 1. The van der Waals surface area contributed by atoms with Crippen LogP contribution in [0.3, 0.4) is 0 Å². The topological polar surface area (TPSA) is 102 Å². The van der Waals surface area contributed by atoms with Crippen LogP contribution in [0.1, 0.15) is 45.8 Å². The van der Waals surface area contributed by atoms with Crippen LogP contribution in [0.25, 0.3) is 0 Å². The van der Waals surface area contributed by atoms with Gasteiger partial charge in [0.1, 0.15) is 5.75 Å². The predicted molar refractivity (Wildman–Crippen MR) is 143 cm³/mol. The molecular weight excluding hydrogens is 538 g/mol. The summed E-state index contributed by atoms with van der Waals surface area (Å²) in [6.07, 6.45) is 2.80. The van der Waals surface area contributed by atoms with Crippen molar-refractivity contribution in [1.29, 1.82) is 0 Å². The maximum absolute atomic E-state index is 12.9. The van der Waals surface area contributed by atoms with Gasteiger partial charge < -0.3 is 15.0 Å². The first-order valence-electron chi connectivity index (χ1n) is 12.2. The Morgan fingerprint density at radius 1 is 1.05 bits per heavy atom. The molecule has 0 saturated carbocycles. The van der Waals surface area contributed by atoms with Crippen LogP contribution in [0.5, 0.6) is 5.75 Å². The van der Waals surface area contributed by atoms with Gasteiger partial charge in [0.05, 0.1) is 22.4 Å². The molecule has 3 aromatic rings. The highest BCUT2D eigenvalue weighted by molar-refractivity contribution is 9.10. The molecule has 0 unspecified atom stereocenters. The summed E-state index contributed by atoms with van der Waals surface area (Å²) < 4.78 is 5.88. The molecule has 2 amide bonds. The quantitative estimate of drug-likeness (QED) is 0.315. The predicted octanol–water partition coefficient (Wildman–Crippen LogP) is 5.49. The second-order valence-electron chi connectivity index (χ2n) is 9.38. The van der Waals surface area contributed by atoms with E-state index in [0.717, 1.165) is 41.8 Å². The van der Waals surface area contributed by atoms with Crippen molar-refractivity contribution in [2.45, 2.75) is 31.6 Å². The minimum absolute atomic E-state index is 0.0633. The first kappa shape index (κ1) is 25.0. The lowest BCUT2D eigenvalue weighted by Gasteiger charge is -2.32. The van der Waals surface area contributed by atoms with Crippen molar-refractivity contribution in [2.75, 3.05) is 25.0 Å². The van der Waals surface area contributed by atoms with Gasteiger partial charge in [-0.1, -0.05) is 24.3 Å². The summed E-state index contributed by atoms with van der Waals surface area (Å²) in [5.41, 5.74) is 4.25. The normalized spacial score (nSPS) is 15.1. The number of carbonyl (C=O) groups excluding carboxylic acids is 2. The van der Waals surface area contributed by atoms with Gasteiger partial charge in [-0.2, -0.15) is 0 Å². The van der Waals surface area contributed by atoms with Crippen LogP contribution in [-0.4, -0.2) is 41.3 Å². The Morgan fingerprint density at radius 3 is 2.54 bits per heavy atom. The van der Waals surface area contributed by atoms with Crippen molar-refractivity contribution >= 4 is 39.1 Å². The van der Waals surface area contributed by atoms with Gasteiger partial charge in [0.15, 0.2) is 0 Å². The average Bonchev–Trinajstić information content (AvgIpc) is 3.37. The Kier molecular flexibility index (Phi) is 7.23. The fourth-order valence-corrected chi connectivity index (χ4v) is 5.35. The Bertz CT molecular complexity index is 1350. The molecule has 2 aliphatic heterocycles. The number of hydrogen-bond acceptors (Lipinski definition) is 5. The Morgan fingerprint density at radius 2 is 1.81 bits per heavy atom. The molecule has 0 spiro atoms. The standard InChI is InChI=1S/C28H26BrN3O5/c29-24-7-4-22(17-25(24)32(35)36)28(34)31-12-9-20(10-13-31)19-2-5-23(6-3-19)30-27(33)16-18-1-8-26-21(15-18)11-14-37-26/h1-8,15,17,20H,9-14,16H2,(H,30,33). The number of amides is 2. The lowest BCUT2D eigenvalue weighted by atomic mass is 9.89. The van der Waals surface area contributed by atoms with E-state index in [1.807, 2.05) is 42.5 Å². The van der Waals surface area contributed by atoms with Crippen LogP contribution in [-0.2, 0) is 17.6 Å². The number of nitrogens with zero attached hydrogens (tertiary/aromatic N) is 2. The number of fused-ring (bicyclic) bond motifs is 1. The van der Waals surface area contributed by atoms with E-state index >= 15 is 0 Å². The van der Waals surface area contributed by atoms with Gasteiger partial charge in [0.25, 0.3) is 11.6 Å². The van der Waals surface area contributed by atoms with Crippen molar-refractivity contribution < 1.29 is 19.2 Å². The molecule has 1 fully saturated rings. The summed E-state index contributed by atoms with van der Waals surface area (Å²) in [6, 6.07) is 18.3. The van der Waals surface area contributed by atoms with Gasteiger partial charge in [-0.25, -0.2) is 0 Å². The summed E-state index contributed by atoms with van der Waals surface area (Å²) in [4.78, 5) is 37.9. The van der Waals surface area contributed by atoms with Crippen LogP contribution >= 0.6 is 15.9 Å². The SMILES string of the molecule is O=C(Cc1ccc2c(c1)CCO2)Nc1ccc(C2CCN(C(=O)c3ccc(Br)c([N+](=O)[O-])c3)CC2)cc1. The van der Waals surface area contributed by atoms with Crippen LogP contribution in [0.2, 0.25) is 0 Å². The van der Waals surface area contributed by atoms with E-state index in [1.165, 1.54) is 11.6 Å². The molecule has 2 aliphatic rings. The molecule has 0 bridgehead atoms. The largest absolute Gasteiger partial charge is 0.493 e. The number of nitro benzene ring substituents is 1. The number of nitro groups is 1. The highest BCUT2D eigenvalue weighted by atomic mass is 79.9. The molecule has 1 saturated heterocycles. The van der Waals surface area contributed by atoms with E-state index in [0.29, 0.717) is 42.1 Å². The van der Waals surface area contributed by atoms with Crippen LogP contribution in [0.15, 0.2) is 65.1 Å². The van der Waals surface area contributed by atoms with Gasteiger partial charge in [-0.05, 0) is 81.7 Å². The summed E-state index contributed by atoms with van der Waals surface area (Å²) in [5, 5.41) is 14.2. The first-order valence-corrected chi connectivity index (χ1v) is 13.0. The molecule has 2 heterocycles. The van der Waals surface area contributed by atoms with E-state index in [2.05, 4.69) is 21.2 Å². The van der Waals surface area contributed by atoms with E-state index in [4.69, 9.17) is 4.74 Å². The van der Waals surface area contributed by atoms with E-state index in [1.54, 1.807) is 17.0 Å². The summed E-state index contributed by atoms with van der Waals surface area (Å²) >= 11 is 3.16. The number of benzene rings is 3. The molecule has 0 aromatic heterocycles. The molecule has 8 nitrogen and oxygen atoms in total. The molecule has 37 heavy (non-hydrogen) atoms. The fraction of sp³-hybridized carbons (Fsp3) is 0.286. The number of nitrogens with one attached hydrogen (secondary N) is 1. The monoisotopic (exact) mass is 563 g/mol. The van der Waals surface area contributed by atoms with Gasteiger partial charge in [0.2, 0.25) is 5.91 Å². The molecule has 0 atom stereocenters. The zero-order valence-corrected chi connectivity index (χ0v) is 21.7. The number of carbonyl (C=O) groups is 2. The molecule has 0 aliphatic carbocycles. The van der Waals surface area contributed by atoms with Crippen molar-refractivity contribution in [2.24, 2.45) is 0 Å². The molecule has 3 aromatic carbocycles. The second kappa shape index (κ2) is 10.7. The number of piperidine rings is 1. The Hall–Kier alpha value is -3.72. The van der Waals surface area contributed by atoms with Gasteiger partial charge in [-0.3, -0.25) is 19.7 Å². The van der Waals surface area contributed by atoms with Crippen LogP contribution in [0.4, 0.5) is 11.4 Å². The highest BCUT2D eigenvalue weighted by Gasteiger charge is 2.26. The summed E-state index contributed by atoms with van der Waals surface area (Å²) in [5.74, 6) is 0.962. The molecule has 190 valence electrons. The third-order valence-corrected chi connectivity index (χ3v) is 7.63. The van der Waals surface area contributed by atoms with Crippen LogP contribution in [0, 0.1) is 10.1 Å². The number of rotatable bonds is 6. The van der Waals surface area contributed by atoms with Gasteiger partial charge >= 0.3 is 0 Å². The van der Waals surface area contributed by atoms with Crippen molar-refractivity contribution in [3.63, 3.8) is 0 Å². The smallest absolute Gasteiger partial charge is 0.284 e. The number of halogens is 1. The number of hydrogen-bond donors (Lipinski definition) is 1. The minimum atomic E-state index is -0.498. The maximum Gasteiger partial charge on any atom is 0.284 e. The third-order valence-electron chi connectivity index (χ3n) is 6.96.